The van der Waals surface area contributed by atoms with Gasteiger partial charge in [-0.25, -0.2) is 0 Å². The van der Waals surface area contributed by atoms with Crippen LogP contribution in [0.4, 0.5) is 11.4 Å². The minimum atomic E-state index is -0.294. The predicted octanol–water partition coefficient (Wildman–Crippen LogP) is 8.11. The molecule has 2 aliphatic rings. The summed E-state index contributed by atoms with van der Waals surface area (Å²) >= 11 is 0. The third-order valence-electron chi connectivity index (χ3n) is 7.76. The molecule has 5 aromatic rings. The molecule has 0 radical (unpaired) electrons. The molecule has 0 aromatic heterocycles. The third-order valence-corrected chi connectivity index (χ3v) is 7.76. The molecule has 0 unspecified atom stereocenters. The van der Waals surface area contributed by atoms with Gasteiger partial charge in [-0.15, -0.1) is 0 Å². The highest BCUT2D eigenvalue weighted by Gasteiger charge is 2.51. The van der Waals surface area contributed by atoms with Gasteiger partial charge in [0.05, 0.1) is 5.41 Å². The van der Waals surface area contributed by atoms with Crippen LogP contribution in [0.3, 0.4) is 0 Å². The summed E-state index contributed by atoms with van der Waals surface area (Å²) in [6.07, 6.45) is 0. The molecule has 0 heterocycles. The maximum absolute atomic E-state index is 2.43. The largest absolute Gasteiger partial charge is 0.345 e. The molecule has 1 heteroatoms. The van der Waals surface area contributed by atoms with Gasteiger partial charge in [0.25, 0.3) is 0 Å². The Labute approximate surface area is 201 Å². The summed E-state index contributed by atoms with van der Waals surface area (Å²) in [7, 11) is 2.16. The highest BCUT2D eigenvalue weighted by Crippen LogP contribution is 2.63. The fraction of sp³-hybridized carbons (Fsp3) is 0.0909. The Morgan fingerprint density at radius 1 is 0.471 bits per heavy atom. The molecule has 0 amide bonds. The van der Waals surface area contributed by atoms with Gasteiger partial charge in [-0.3, -0.25) is 0 Å². The normalized spacial score (nSPS) is 13.8. The number of hydrogen-bond acceptors (Lipinski definition) is 1. The smallest absolute Gasteiger partial charge is 0.0726 e. The summed E-state index contributed by atoms with van der Waals surface area (Å²) in [6.45, 7) is 2.21. The van der Waals surface area contributed by atoms with Crippen molar-refractivity contribution in [2.45, 2.75) is 12.3 Å². The van der Waals surface area contributed by atoms with Crippen molar-refractivity contribution in [1.29, 1.82) is 0 Å². The van der Waals surface area contributed by atoms with Crippen molar-refractivity contribution in [2.75, 3.05) is 11.9 Å². The minimum Gasteiger partial charge on any atom is -0.345 e. The lowest BCUT2D eigenvalue weighted by Crippen LogP contribution is -2.26. The van der Waals surface area contributed by atoms with Gasteiger partial charge in [0.15, 0.2) is 0 Å². The molecule has 1 nitrogen and oxygen atoms in total. The molecular formula is C33H25N. The Balaban J connectivity index is 1.58. The minimum absolute atomic E-state index is 0.294. The summed E-state index contributed by atoms with van der Waals surface area (Å²) in [4.78, 5) is 2.29. The van der Waals surface area contributed by atoms with Crippen LogP contribution >= 0.6 is 0 Å². The molecule has 162 valence electrons. The lowest BCUT2D eigenvalue weighted by atomic mass is 9.70. The number of fused-ring (bicyclic) bond motifs is 10. The topological polar surface area (TPSA) is 3.24 Å². The molecule has 0 saturated carbocycles. The molecule has 7 rings (SSSR count). The van der Waals surface area contributed by atoms with Crippen LogP contribution in [0.15, 0.2) is 115 Å². The number of para-hydroxylation sites is 1. The van der Waals surface area contributed by atoms with E-state index in [1.54, 1.807) is 0 Å². The van der Waals surface area contributed by atoms with Crippen molar-refractivity contribution in [2.24, 2.45) is 0 Å². The van der Waals surface area contributed by atoms with E-state index in [1.165, 1.54) is 61.4 Å². The summed E-state index contributed by atoms with van der Waals surface area (Å²) in [5.41, 5.74) is 14.3. The molecule has 0 aliphatic heterocycles. The monoisotopic (exact) mass is 435 g/mol. The van der Waals surface area contributed by atoms with Gasteiger partial charge < -0.3 is 4.90 Å². The quantitative estimate of drug-likeness (QED) is 0.265. The maximum atomic E-state index is 2.43. The standard InChI is InChI=1S/C33H25N/c1-22-16-18-27-28-19-17-24(34(2)23-10-4-3-5-11-23)21-32(28)33(31(27)20-22)29-14-8-6-12-25(29)26-13-7-9-15-30(26)33/h3-21H,1-2H3. The first kappa shape index (κ1) is 19.4. The molecule has 0 atom stereocenters. The molecule has 2 aliphatic carbocycles. The zero-order valence-electron chi connectivity index (χ0n) is 19.4. The first-order chi connectivity index (χ1) is 16.7. The number of benzene rings is 5. The molecule has 0 N–H and O–H groups in total. The molecule has 0 bridgehead atoms. The van der Waals surface area contributed by atoms with E-state index in [1.807, 2.05) is 0 Å². The van der Waals surface area contributed by atoms with Crippen molar-refractivity contribution < 1.29 is 0 Å². The number of anilines is 2. The van der Waals surface area contributed by atoms with E-state index < -0.39 is 0 Å². The highest BCUT2D eigenvalue weighted by molar-refractivity contribution is 5.95. The van der Waals surface area contributed by atoms with Gasteiger partial charge >= 0.3 is 0 Å². The van der Waals surface area contributed by atoms with E-state index in [0.717, 1.165) is 0 Å². The summed E-state index contributed by atoms with van der Waals surface area (Å²) in [6, 6.07) is 42.6. The first-order valence-electron chi connectivity index (χ1n) is 11.9. The van der Waals surface area contributed by atoms with E-state index in [9.17, 15) is 0 Å². The fourth-order valence-corrected chi connectivity index (χ4v) is 6.25. The number of hydrogen-bond donors (Lipinski definition) is 0. The van der Waals surface area contributed by atoms with Crippen LogP contribution in [-0.2, 0) is 5.41 Å². The van der Waals surface area contributed by atoms with Crippen LogP contribution in [0.25, 0.3) is 22.3 Å². The van der Waals surface area contributed by atoms with Gasteiger partial charge in [0.1, 0.15) is 0 Å². The van der Waals surface area contributed by atoms with Gasteiger partial charge in [0, 0.05) is 18.4 Å². The third kappa shape index (κ3) is 2.39. The Kier molecular flexibility index (Phi) is 3.96. The van der Waals surface area contributed by atoms with Crippen LogP contribution in [0.2, 0.25) is 0 Å². The van der Waals surface area contributed by atoms with E-state index in [4.69, 9.17) is 0 Å². The van der Waals surface area contributed by atoms with Crippen LogP contribution in [-0.4, -0.2) is 7.05 Å². The summed E-state index contributed by atoms with van der Waals surface area (Å²) in [5.74, 6) is 0. The fourth-order valence-electron chi connectivity index (χ4n) is 6.25. The second-order valence-electron chi connectivity index (χ2n) is 9.51. The number of aryl methyl sites for hydroxylation is 1. The zero-order chi connectivity index (χ0) is 22.9. The molecule has 34 heavy (non-hydrogen) atoms. The van der Waals surface area contributed by atoms with Gasteiger partial charge in [-0.05, 0) is 75.7 Å². The zero-order valence-corrected chi connectivity index (χ0v) is 19.4. The van der Waals surface area contributed by atoms with Crippen LogP contribution in [0, 0.1) is 6.92 Å². The number of nitrogens with zero attached hydrogens (tertiary/aromatic N) is 1. The van der Waals surface area contributed by atoms with E-state index in [2.05, 4.69) is 134 Å². The lowest BCUT2D eigenvalue weighted by Gasteiger charge is -2.31. The highest BCUT2D eigenvalue weighted by atomic mass is 15.1. The number of rotatable bonds is 2. The Bertz CT molecular complexity index is 1530. The van der Waals surface area contributed by atoms with Crippen molar-refractivity contribution in [1.82, 2.24) is 0 Å². The Morgan fingerprint density at radius 3 is 1.68 bits per heavy atom. The molecular weight excluding hydrogens is 410 g/mol. The van der Waals surface area contributed by atoms with Crippen molar-refractivity contribution in [3.8, 4) is 22.3 Å². The summed E-state index contributed by atoms with van der Waals surface area (Å²) in [5, 5.41) is 0. The molecule has 1 spiro atoms. The summed E-state index contributed by atoms with van der Waals surface area (Å²) < 4.78 is 0. The second kappa shape index (κ2) is 6.95. The SMILES string of the molecule is Cc1ccc2c(c1)C1(c3ccccc3-c3ccccc31)c1cc(N(C)c3ccccc3)ccc1-2. The van der Waals surface area contributed by atoms with Crippen LogP contribution < -0.4 is 4.90 Å². The van der Waals surface area contributed by atoms with Gasteiger partial charge in [-0.2, -0.15) is 0 Å². The Hall–Kier alpha value is -4.10. The predicted molar refractivity (Wildman–Crippen MR) is 142 cm³/mol. The van der Waals surface area contributed by atoms with Crippen molar-refractivity contribution >= 4 is 11.4 Å². The first-order valence-corrected chi connectivity index (χ1v) is 11.9. The lowest BCUT2D eigenvalue weighted by molar-refractivity contribution is 0.792. The van der Waals surface area contributed by atoms with Crippen LogP contribution in [0.1, 0.15) is 27.8 Å². The molecule has 0 fully saturated rings. The van der Waals surface area contributed by atoms with Crippen molar-refractivity contribution in [3.05, 3.63) is 143 Å². The average Bonchev–Trinajstić information content (AvgIpc) is 3.35. The second-order valence-corrected chi connectivity index (χ2v) is 9.51. The average molecular weight is 436 g/mol. The van der Waals surface area contributed by atoms with E-state index in [-0.39, 0.29) is 5.41 Å². The van der Waals surface area contributed by atoms with E-state index >= 15 is 0 Å². The molecule has 0 saturated heterocycles. The molecule has 5 aromatic carbocycles. The van der Waals surface area contributed by atoms with Gasteiger partial charge in [-0.1, -0.05) is 96.6 Å². The van der Waals surface area contributed by atoms with Gasteiger partial charge in [0.2, 0.25) is 0 Å². The maximum Gasteiger partial charge on any atom is 0.0726 e. The van der Waals surface area contributed by atoms with E-state index in [0.29, 0.717) is 0 Å². The van der Waals surface area contributed by atoms with Crippen molar-refractivity contribution in [3.63, 3.8) is 0 Å². The Morgan fingerprint density at radius 2 is 1.00 bits per heavy atom. The van der Waals surface area contributed by atoms with Crippen LogP contribution in [0.5, 0.6) is 0 Å².